The lowest BCUT2D eigenvalue weighted by Crippen LogP contribution is -2.39. The van der Waals surface area contributed by atoms with Crippen molar-refractivity contribution in [2.24, 2.45) is 5.92 Å². The summed E-state index contributed by atoms with van der Waals surface area (Å²) in [6.45, 7) is 2.59. The Morgan fingerprint density at radius 3 is 2.62 bits per heavy atom. The summed E-state index contributed by atoms with van der Waals surface area (Å²) in [5.74, 6) is -2.28. The molecule has 1 rings (SSSR count). The molecule has 72 valence electrons. The second-order valence-corrected chi connectivity index (χ2v) is 3.10. The Hall–Kier alpha value is -1.32. The van der Waals surface area contributed by atoms with Crippen molar-refractivity contribution in [3.63, 3.8) is 0 Å². The van der Waals surface area contributed by atoms with E-state index in [1.807, 2.05) is 12.2 Å². The molecule has 1 unspecified atom stereocenters. The Balaban J connectivity index is 2.56. The van der Waals surface area contributed by atoms with Gasteiger partial charge in [0.1, 0.15) is 5.92 Å². The minimum Gasteiger partial charge on any atom is -0.481 e. The Bertz CT molecular complexity index is 247. The molecule has 1 aliphatic rings. The number of hydrogen-bond donors (Lipinski definition) is 1. The summed E-state index contributed by atoms with van der Waals surface area (Å²) in [4.78, 5) is 23.5. The van der Waals surface area contributed by atoms with Crippen molar-refractivity contribution in [1.82, 2.24) is 4.90 Å². The van der Waals surface area contributed by atoms with Gasteiger partial charge in [0.2, 0.25) is 5.91 Å². The van der Waals surface area contributed by atoms with E-state index in [4.69, 9.17) is 5.11 Å². The van der Waals surface area contributed by atoms with Crippen LogP contribution >= 0.6 is 0 Å². The Morgan fingerprint density at radius 1 is 1.46 bits per heavy atom. The summed E-state index contributed by atoms with van der Waals surface area (Å²) in [6.07, 6.45) is 4.70. The van der Waals surface area contributed by atoms with E-state index >= 15 is 0 Å². The summed E-state index contributed by atoms with van der Waals surface area (Å²) in [6, 6.07) is 0. The highest BCUT2D eigenvalue weighted by molar-refractivity contribution is 5.96. The van der Waals surface area contributed by atoms with Gasteiger partial charge in [-0.3, -0.25) is 9.59 Å². The topological polar surface area (TPSA) is 57.6 Å². The molecule has 1 heterocycles. The fraction of sp³-hybridized carbons (Fsp3) is 0.556. The zero-order valence-electron chi connectivity index (χ0n) is 7.56. The smallest absolute Gasteiger partial charge is 0.315 e. The zero-order valence-corrected chi connectivity index (χ0v) is 7.56. The molecule has 4 nitrogen and oxygen atoms in total. The lowest BCUT2D eigenvalue weighted by molar-refractivity contribution is -0.150. The van der Waals surface area contributed by atoms with E-state index in [1.165, 1.54) is 6.92 Å². The van der Waals surface area contributed by atoms with E-state index in [9.17, 15) is 9.59 Å². The third-order valence-electron chi connectivity index (χ3n) is 2.11. The lowest BCUT2D eigenvalue weighted by Gasteiger charge is -2.24. The molecule has 0 aliphatic carbocycles. The maximum Gasteiger partial charge on any atom is 0.315 e. The van der Waals surface area contributed by atoms with Gasteiger partial charge in [0.05, 0.1) is 0 Å². The molecule has 0 radical (unpaired) electrons. The predicted molar refractivity (Wildman–Crippen MR) is 47.1 cm³/mol. The van der Waals surface area contributed by atoms with Gasteiger partial charge < -0.3 is 10.0 Å². The van der Waals surface area contributed by atoms with Gasteiger partial charge in [0.15, 0.2) is 0 Å². The predicted octanol–water partition coefficient (Wildman–Crippen LogP) is 0.496. The van der Waals surface area contributed by atoms with Gasteiger partial charge in [-0.2, -0.15) is 0 Å². The van der Waals surface area contributed by atoms with Crippen LogP contribution in [0.3, 0.4) is 0 Å². The first kappa shape index (κ1) is 9.77. The van der Waals surface area contributed by atoms with Crippen molar-refractivity contribution < 1.29 is 14.7 Å². The van der Waals surface area contributed by atoms with Crippen LogP contribution < -0.4 is 0 Å². The minimum absolute atomic E-state index is 0.295. The van der Waals surface area contributed by atoms with E-state index in [2.05, 4.69) is 0 Å². The molecule has 0 saturated carbocycles. The summed E-state index contributed by atoms with van der Waals surface area (Å²) >= 11 is 0. The van der Waals surface area contributed by atoms with Crippen molar-refractivity contribution in [1.29, 1.82) is 0 Å². The maximum atomic E-state index is 11.5. The monoisotopic (exact) mass is 183 g/mol. The molecule has 13 heavy (non-hydrogen) atoms. The summed E-state index contributed by atoms with van der Waals surface area (Å²) in [5, 5.41) is 8.62. The van der Waals surface area contributed by atoms with Gasteiger partial charge in [-0.15, -0.1) is 0 Å². The van der Waals surface area contributed by atoms with Crippen molar-refractivity contribution in [2.45, 2.75) is 13.3 Å². The average molecular weight is 183 g/mol. The number of carbonyl (C=O) groups is 2. The summed E-state index contributed by atoms with van der Waals surface area (Å²) < 4.78 is 0. The second-order valence-electron chi connectivity index (χ2n) is 3.10. The number of hydrogen-bond acceptors (Lipinski definition) is 2. The quantitative estimate of drug-likeness (QED) is 0.501. The van der Waals surface area contributed by atoms with E-state index in [0.29, 0.717) is 13.1 Å². The van der Waals surface area contributed by atoms with E-state index in [1.54, 1.807) is 4.90 Å². The van der Waals surface area contributed by atoms with Crippen LogP contribution in [-0.2, 0) is 9.59 Å². The third kappa shape index (κ3) is 2.31. The van der Waals surface area contributed by atoms with Gasteiger partial charge in [0, 0.05) is 13.1 Å². The van der Waals surface area contributed by atoms with Gasteiger partial charge in [0.25, 0.3) is 0 Å². The summed E-state index contributed by atoms with van der Waals surface area (Å²) in [5.41, 5.74) is 0. The molecule has 0 aromatic rings. The van der Waals surface area contributed by atoms with Crippen LogP contribution in [0.15, 0.2) is 12.2 Å². The maximum absolute atomic E-state index is 11.5. The number of carbonyl (C=O) groups excluding carboxylic acids is 1. The number of aliphatic carboxylic acids is 1. The first-order chi connectivity index (χ1) is 6.13. The molecule has 1 amide bonds. The summed E-state index contributed by atoms with van der Waals surface area (Å²) in [7, 11) is 0. The number of carboxylic acids is 1. The second kappa shape index (κ2) is 4.07. The van der Waals surface area contributed by atoms with Crippen molar-refractivity contribution in [3.8, 4) is 0 Å². The zero-order chi connectivity index (χ0) is 9.84. The number of amides is 1. The molecule has 4 heteroatoms. The van der Waals surface area contributed by atoms with Gasteiger partial charge in [-0.1, -0.05) is 12.2 Å². The highest BCUT2D eigenvalue weighted by Gasteiger charge is 2.25. The van der Waals surface area contributed by atoms with Crippen molar-refractivity contribution in [2.75, 3.05) is 13.1 Å². The largest absolute Gasteiger partial charge is 0.481 e. The SMILES string of the molecule is CC(C(=O)O)C(=O)N1CC=CCC1. The Labute approximate surface area is 76.8 Å². The molecule has 1 N–H and O–H groups in total. The first-order valence-corrected chi connectivity index (χ1v) is 4.29. The van der Waals surface area contributed by atoms with Crippen LogP contribution in [0.1, 0.15) is 13.3 Å². The van der Waals surface area contributed by atoms with Gasteiger partial charge >= 0.3 is 5.97 Å². The third-order valence-corrected chi connectivity index (χ3v) is 2.11. The van der Waals surface area contributed by atoms with E-state index in [-0.39, 0.29) is 5.91 Å². The number of nitrogens with zero attached hydrogens (tertiary/aromatic N) is 1. The molecule has 0 aromatic carbocycles. The minimum atomic E-state index is -1.06. The van der Waals surface area contributed by atoms with E-state index < -0.39 is 11.9 Å². The van der Waals surface area contributed by atoms with E-state index in [0.717, 1.165) is 6.42 Å². The molecule has 1 aliphatic heterocycles. The average Bonchev–Trinajstić information content (AvgIpc) is 2.17. The molecule has 0 saturated heterocycles. The van der Waals surface area contributed by atoms with Crippen LogP contribution in [0.5, 0.6) is 0 Å². The van der Waals surface area contributed by atoms with Crippen molar-refractivity contribution in [3.05, 3.63) is 12.2 Å². The molecule has 0 aromatic heterocycles. The van der Waals surface area contributed by atoms with Crippen LogP contribution in [0.2, 0.25) is 0 Å². The van der Waals surface area contributed by atoms with Gasteiger partial charge in [-0.05, 0) is 13.3 Å². The van der Waals surface area contributed by atoms with Crippen molar-refractivity contribution >= 4 is 11.9 Å². The Morgan fingerprint density at radius 2 is 2.15 bits per heavy atom. The highest BCUT2D eigenvalue weighted by atomic mass is 16.4. The van der Waals surface area contributed by atoms with Crippen LogP contribution in [-0.4, -0.2) is 35.0 Å². The molecular formula is C9H13NO3. The van der Waals surface area contributed by atoms with Crippen LogP contribution in [0.25, 0.3) is 0 Å². The van der Waals surface area contributed by atoms with Gasteiger partial charge in [-0.25, -0.2) is 0 Å². The fourth-order valence-corrected chi connectivity index (χ4v) is 1.22. The molecule has 0 fully saturated rings. The molecular weight excluding hydrogens is 170 g/mol. The van der Waals surface area contributed by atoms with Crippen LogP contribution in [0.4, 0.5) is 0 Å². The van der Waals surface area contributed by atoms with Crippen LogP contribution in [0, 0.1) is 5.92 Å². The number of carboxylic acid groups (broad SMARTS) is 1. The Kier molecular flexibility index (Phi) is 3.06. The highest BCUT2D eigenvalue weighted by Crippen LogP contribution is 2.07. The molecule has 1 atom stereocenters. The lowest BCUT2D eigenvalue weighted by atomic mass is 10.1. The first-order valence-electron chi connectivity index (χ1n) is 4.29. The molecule has 0 spiro atoms. The molecule has 0 bridgehead atoms. The number of rotatable bonds is 2. The normalized spacial score (nSPS) is 18.4. The standard InChI is InChI=1S/C9H13NO3/c1-7(9(12)13)8(11)10-5-3-2-4-6-10/h2-3,7H,4-6H2,1H3,(H,12,13). The fourth-order valence-electron chi connectivity index (χ4n) is 1.22.